The van der Waals surface area contributed by atoms with Crippen molar-refractivity contribution in [3.8, 4) is 0 Å². The van der Waals surface area contributed by atoms with Gasteiger partial charge in [-0.15, -0.1) is 0 Å². The lowest BCUT2D eigenvalue weighted by Crippen LogP contribution is -2.87. The third-order valence-corrected chi connectivity index (χ3v) is 4.64. The van der Waals surface area contributed by atoms with Crippen molar-refractivity contribution >= 4 is 28.9 Å². The third kappa shape index (κ3) is 4.57. The van der Waals surface area contributed by atoms with Crippen LogP contribution in [0.25, 0.3) is 0 Å². The van der Waals surface area contributed by atoms with Crippen LogP contribution in [0.4, 0.5) is 11.4 Å². The average Bonchev–Trinajstić information content (AvgIpc) is 3.22. The number of nitro groups is 1. The van der Waals surface area contributed by atoms with Crippen molar-refractivity contribution < 1.29 is 19.5 Å². The van der Waals surface area contributed by atoms with Gasteiger partial charge >= 0.3 is 0 Å². The minimum atomic E-state index is -0.586. The van der Waals surface area contributed by atoms with Crippen LogP contribution in [-0.4, -0.2) is 10.8 Å². The van der Waals surface area contributed by atoms with Gasteiger partial charge in [0.05, 0.1) is 11.2 Å². The summed E-state index contributed by atoms with van der Waals surface area (Å²) in [6, 6.07) is 16.4. The molecule has 0 bridgehead atoms. The van der Waals surface area contributed by atoms with Crippen molar-refractivity contribution in [2.45, 2.75) is 19.0 Å². The van der Waals surface area contributed by atoms with E-state index < -0.39 is 11.0 Å². The number of hydrogen-bond donors (Lipinski definition) is 2. The highest BCUT2D eigenvalue weighted by atomic mass is 35.5. The Labute approximate surface area is 166 Å². The molecular formula is C20H19ClN3O4+. The first-order chi connectivity index (χ1) is 13.5. The summed E-state index contributed by atoms with van der Waals surface area (Å²) in [5.74, 6) is 0.442. The molecule has 3 N–H and O–H groups in total. The fourth-order valence-corrected chi connectivity index (χ4v) is 3.08. The molecule has 7 nitrogen and oxygen atoms in total. The number of amides is 1. The standard InChI is InChI=1S/C20H18ClN3O4/c1-13(18-8-5-11-28-18)22-19(14-6-3-2-4-7-14)20(25)23-15-9-10-16(21)17(12-15)24(26)27/h2-13,19,22H,1H3,(H,23,25)/p+1/t13-,19-/m1/s1. The zero-order valence-electron chi connectivity index (χ0n) is 15.0. The van der Waals surface area contributed by atoms with Gasteiger partial charge in [0.1, 0.15) is 11.1 Å². The van der Waals surface area contributed by atoms with Crippen molar-refractivity contribution in [2.24, 2.45) is 0 Å². The molecule has 0 aliphatic rings. The lowest BCUT2D eigenvalue weighted by Gasteiger charge is -2.19. The SMILES string of the molecule is C[C@@H]([NH2+][C@@H](C(=O)Nc1ccc(Cl)c([N+](=O)[O-])c1)c1ccccc1)c1ccco1. The fraction of sp³-hybridized carbons (Fsp3) is 0.150. The van der Waals surface area contributed by atoms with Crippen LogP contribution in [0.1, 0.15) is 30.3 Å². The Bertz CT molecular complexity index is 961. The van der Waals surface area contributed by atoms with Gasteiger partial charge in [0, 0.05) is 17.3 Å². The lowest BCUT2D eigenvalue weighted by molar-refractivity contribution is -0.720. The Morgan fingerprint density at radius 1 is 1.18 bits per heavy atom. The third-order valence-electron chi connectivity index (χ3n) is 4.32. The summed E-state index contributed by atoms with van der Waals surface area (Å²) >= 11 is 5.84. The zero-order chi connectivity index (χ0) is 20.1. The van der Waals surface area contributed by atoms with Crippen molar-refractivity contribution in [3.05, 3.63) is 93.4 Å². The smallest absolute Gasteiger partial charge is 0.289 e. The molecule has 0 radical (unpaired) electrons. The van der Waals surface area contributed by atoms with E-state index in [1.54, 1.807) is 12.3 Å². The van der Waals surface area contributed by atoms with Crippen molar-refractivity contribution in [1.82, 2.24) is 0 Å². The molecule has 28 heavy (non-hydrogen) atoms. The van der Waals surface area contributed by atoms with Gasteiger partial charge in [-0.2, -0.15) is 0 Å². The summed E-state index contributed by atoms with van der Waals surface area (Å²) in [5, 5.41) is 15.7. The number of quaternary nitrogens is 1. The Hall–Kier alpha value is -3.16. The van der Waals surface area contributed by atoms with E-state index in [0.717, 1.165) is 11.3 Å². The number of benzene rings is 2. The van der Waals surface area contributed by atoms with Gasteiger partial charge in [0.2, 0.25) is 0 Å². The van der Waals surface area contributed by atoms with Crippen molar-refractivity contribution in [1.29, 1.82) is 0 Å². The molecule has 3 rings (SSSR count). The number of nitrogens with zero attached hydrogens (tertiary/aromatic N) is 1. The van der Waals surface area contributed by atoms with E-state index in [0.29, 0.717) is 5.69 Å². The summed E-state index contributed by atoms with van der Waals surface area (Å²) < 4.78 is 5.43. The number of rotatable bonds is 7. The van der Waals surface area contributed by atoms with Crippen molar-refractivity contribution in [2.75, 3.05) is 5.32 Å². The van der Waals surface area contributed by atoms with Gasteiger partial charge in [-0.25, -0.2) is 0 Å². The Morgan fingerprint density at radius 2 is 1.93 bits per heavy atom. The molecule has 0 saturated heterocycles. The van der Waals surface area contributed by atoms with Crippen LogP contribution in [0, 0.1) is 10.1 Å². The first-order valence-electron chi connectivity index (χ1n) is 8.64. The first-order valence-corrected chi connectivity index (χ1v) is 9.01. The molecule has 0 aliphatic heterocycles. The average molecular weight is 401 g/mol. The molecule has 0 aliphatic carbocycles. The topological polar surface area (TPSA) is 102 Å². The predicted molar refractivity (Wildman–Crippen MR) is 105 cm³/mol. The van der Waals surface area contributed by atoms with E-state index in [4.69, 9.17) is 16.0 Å². The molecule has 0 saturated carbocycles. The van der Waals surface area contributed by atoms with Crippen LogP contribution >= 0.6 is 11.6 Å². The first kappa shape index (κ1) is 19.6. The van der Waals surface area contributed by atoms with Crippen LogP contribution in [0.5, 0.6) is 0 Å². The molecule has 0 spiro atoms. The van der Waals surface area contributed by atoms with Gasteiger partial charge in [0.25, 0.3) is 11.6 Å². The molecule has 1 aromatic heterocycles. The van der Waals surface area contributed by atoms with E-state index in [9.17, 15) is 14.9 Å². The van der Waals surface area contributed by atoms with Crippen LogP contribution in [0.2, 0.25) is 5.02 Å². The second kappa shape index (κ2) is 8.69. The lowest BCUT2D eigenvalue weighted by atomic mass is 10.0. The summed E-state index contributed by atoms with van der Waals surface area (Å²) in [6.45, 7) is 1.94. The molecular weight excluding hydrogens is 382 g/mol. The molecule has 2 atom stereocenters. The molecule has 2 aromatic carbocycles. The molecule has 0 fully saturated rings. The monoisotopic (exact) mass is 400 g/mol. The highest BCUT2D eigenvalue weighted by Crippen LogP contribution is 2.27. The number of carbonyl (C=O) groups is 1. The largest absolute Gasteiger partial charge is 0.463 e. The minimum absolute atomic E-state index is 0.0145. The van der Waals surface area contributed by atoms with E-state index in [-0.39, 0.29) is 22.7 Å². The van der Waals surface area contributed by atoms with Crippen LogP contribution in [-0.2, 0) is 4.79 Å². The number of anilines is 1. The van der Waals surface area contributed by atoms with Crippen molar-refractivity contribution in [3.63, 3.8) is 0 Å². The number of furan rings is 1. The summed E-state index contributed by atoms with van der Waals surface area (Å²) in [4.78, 5) is 23.5. The number of halogens is 1. The quantitative estimate of drug-likeness (QED) is 0.464. The number of hydrogen-bond acceptors (Lipinski definition) is 4. The minimum Gasteiger partial charge on any atom is -0.463 e. The summed E-state index contributed by atoms with van der Waals surface area (Å²) in [7, 11) is 0. The maximum atomic E-state index is 13.0. The Kier molecular flexibility index (Phi) is 6.08. The molecule has 1 heterocycles. The number of nitrogens with two attached hydrogens (primary N) is 1. The maximum Gasteiger partial charge on any atom is 0.289 e. The maximum absolute atomic E-state index is 13.0. The highest BCUT2D eigenvalue weighted by molar-refractivity contribution is 6.32. The van der Waals surface area contributed by atoms with Gasteiger partial charge in [-0.1, -0.05) is 41.9 Å². The van der Waals surface area contributed by atoms with Gasteiger partial charge in [-0.05, 0) is 31.2 Å². The van der Waals surface area contributed by atoms with E-state index >= 15 is 0 Å². The Morgan fingerprint density at radius 3 is 2.57 bits per heavy atom. The van der Waals surface area contributed by atoms with Crippen LogP contribution in [0.15, 0.2) is 71.3 Å². The second-order valence-corrected chi connectivity index (χ2v) is 6.70. The molecule has 1 amide bonds. The zero-order valence-corrected chi connectivity index (χ0v) is 15.8. The van der Waals surface area contributed by atoms with Gasteiger partial charge in [0.15, 0.2) is 11.8 Å². The predicted octanol–water partition coefficient (Wildman–Crippen LogP) is 3.85. The fourth-order valence-electron chi connectivity index (χ4n) is 2.89. The van der Waals surface area contributed by atoms with Crippen LogP contribution < -0.4 is 10.6 Å². The normalized spacial score (nSPS) is 12.9. The van der Waals surface area contributed by atoms with Crippen LogP contribution in [0.3, 0.4) is 0 Å². The molecule has 3 aromatic rings. The number of nitro benzene ring substituents is 1. The number of carbonyl (C=O) groups excluding carboxylic acids is 1. The van der Waals surface area contributed by atoms with E-state index in [1.165, 1.54) is 18.2 Å². The molecule has 0 unspecified atom stereocenters. The number of nitrogens with one attached hydrogen (secondary N) is 1. The van der Waals surface area contributed by atoms with Gasteiger partial charge < -0.3 is 15.1 Å². The molecule has 8 heteroatoms. The Balaban J connectivity index is 1.84. The molecule has 144 valence electrons. The summed E-state index contributed by atoms with van der Waals surface area (Å²) in [5.41, 5.74) is 0.853. The van der Waals surface area contributed by atoms with E-state index in [1.807, 2.05) is 48.6 Å². The van der Waals surface area contributed by atoms with Gasteiger partial charge in [-0.3, -0.25) is 14.9 Å². The summed E-state index contributed by atoms with van der Waals surface area (Å²) in [6.07, 6.45) is 1.59. The second-order valence-electron chi connectivity index (χ2n) is 6.30. The van der Waals surface area contributed by atoms with E-state index in [2.05, 4.69) is 5.32 Å². The highest BCUT2D eigenvalue weighted by Gasteiger charge is 2.28.